The molecule has 0 aliphatic rings. The van der Waals surface area contributed by atoms with Crippen molar-refractivity contribution in [3.63, 3.8) is 0 Å². The van der Waals surface area contributed by atoms with E-state index in [0.29, 0.717) is 22.9 Å². The van der Waals surface area contributed by atoms with Gasteiger partial charge in [0, 0.05) is 64.0 Å². The van der Waals surface area contributed by atoms with Crippen LogP contribution in [0.4, 0.5) is 0 Å². The normalized spacial score (nSPS) is 12.9. The average molecular weight is 1060 g/mol. The summed E-state index contributed by atoms with van der Waals surface area (Å²) in [6.07, 6.45) is 0. The summed E-state index contributed by atoms with van der Waals surface area (Å²) in [5, 5.41) is 4.59. The third kappa shape index (κ3) is 8.03. The van der Waals surface area contributed by atoms with Gasteiger partial charge in [0.2, 0.25) is 0 Å². The monoisotopic (exact) mass is 1060 g/mol. The highest BCUT2D eigenvalue weighted by atomic mass is 32.1. The van der Waals surface area contributed by atoms with Gasteiger partial charge in [0.15, 0.2) is 17.5 Å². The van der Waals surface area contributed by atoms with Gasteiger partial charge in [-0.15, -0.1) is 11.3 Å². The SMILES string of the molecule is [2H]c1cc([2H])c2c(c1[2H])c1c([2H])c([2H])c([2H])c([2H])c1n2-c1ccccc1-c1nc(-c2cccc(-c3cc(-c4ccccc4)cc(-c4ccccc4)c3)c2)nc(-c2cccc(-c3cccc4c3sc3ccc(-c5cccc6c5oc5ccccc56)cc34)c2)n1. The third-order valence-electron chi connectivity index (χ3n) is 15.3. The van der Waals surface area contributed by atoms with Gasteiger partial charge in [0.1, 0.15) is 11.2 Å². The zero-order valence-corrected chi connectivity index (χ0v) is 43.9. The number of fused-ring (bicyclic) bond motifs is 9. The number of benzene rings is 12. The van der Waals surface area contributed by atoms with Crippen LogP contribution in [0, 0.1) is 0 Å². The summed E-state index contributed by atoms with van der Waals surface area (Å²) in [6, 6.07) is 77.7. The molecule has 16 aromatic rings. The molecule has 0 atom stereocenters. The predicted octanol–water partition coefficient (Wildman–Crippen LogP) is 20.6. The number of nitrogens with zero attached hydrogens (tertiary/aromatic N) is 4. The van der Waals surface area contributed by atoms with Crippen LogP contribution in [0.3, 0.4) is 0 Å². The van der Waals surface area contributed by atoms with Gasteiger partial charge in [-0.2, -0.15) is 0 Å². The van der Waals surface area contributed by atoms with E-state index in [1.54, 1.807) is 22.0 Å². The second-order valence-corrected chi connectivity index (χ2v) is 21.2. The maximum atomic E-state index is 9.36. The predicted molar refractivity (Wildman–Crippen MR) is 338 cm³/mol. The van der Waals surface area contributed by atoms with E-state index in [-0.39, 0.29) is 57.8 Å². The topological polar surface area (TPSA) is 56.7 Å². The average Bonchev–Trinajstić information content (AvgIpc) is 1.67. The van der Waals surface area contributed by atoms with Gasteiger partial charge in [0.25, 0.3) is 0 Å². The molecule has 0 aliphatic carbocycles. The molecular formula is C75H46N4OS. The molecule has 0 aliphatic heterocycles. The lowest BCUT2D eigenvalue weighted by Crippen LogP contribution is -2.03. The molecule has 0 saturated heterocycles. The molecule has 6 heteroatoms. The molecular weight excluding hydrogens is 1000 g/mol. The second kappa shape index (κ2) is 19.1. The molecule has 16 rings (SSSR count). The Hall–Kier alpha value is -10.5. The number of para-hydroxylation sites is 5. The van der Waals surface area contributed by atoms with Crippen molar-refractivity contribution in [1.29, 1.82) is 0 Å². The van der Waals surface area contributed by atoms with Crippen LogP contribution in [-0.2, 0) is 0 Å². The van der Waals surface area contributed by atoms with E-state index in [1.807, 2.05) is 97.1 Å². The Morgan fingerprint density at radius 2 is 0.864 bits per heavy atom. The molecule has 0 N–H and O–H groups in total. The largest absolute Gasteiger partial charge is 0.455 e. The van der Waals surface area contributed by atoms with Gasteiger partial charge in [0.05, 0.1) is 26.3 Å². The van der Waals surface area contributed by atoms with E-state index in [0.717, 1.165) is 109 Å². The first-order chi connectivity index (χ1) is 43.0. The molecule has 0 spiro atoms. The molecule has 0 amide bonds. The fraction of sp³-hybridized carbons (Fsp3) is 0. The highest BCUT2D eigenvalue weighted by Crippen LogP contribution is 2.45. The molecule has 0 fully saturated rings. The Morgan fingerprint density at radius 1 is 0.333 bits per heavy atom. The molecule has 4 aromatic heterocycles. The van der Waals surface area contributed by atoms with Crippen molar-refractivity contribution in [1.82, 2.24) is 19.5 Å². The summed E-state index contributed by atoms with van der Waals surface area (Å²) in [4.78, 5) is 16.0. The van der Waals surface area contributed by atoms with Crippen LogP contribution in [0.25, 0.3) is 159 Å². The van der Waals surface area contributed by atoms with Crippen molar-refractivity contribution in [3.05, 3.63) is 279 Å². The van der Waals surface area contributed by atoms with Crippen molar-refractivity contribution in [2.75, 3.05) is 0 Å². The molecule has 0 radical (unpaired) electrons. The lowest BCUT2D eigenvalue weighted by Gasteiger charge is -2.15. The van der Waals surface area contributed by atoms with E-state index < -0.39 is 12.1 Å². The van der Waals surface area contributed by atoms with Crippen LogP contribution in [0.5, 0.6) is 0 Å². The summed E-state index contributed by atoms with van der Waals surface area (Å²) < 4.78 is 73.7. The Morgan fingerprint density at radius 3 is 1.64 bits per heavy atom. The standard InChI is InChI=1S/C75H46N4OS/c1-3-19-47(20-4-1)54-43-55(48-21-5-2-6-22-48)45-56(44-54)49-23-15-25-52(41-49)73-76-74(78-75(77-73)64-30-9-13-37-68(64)79-66-35-11-7-27-59(66)60-28-8-12-36-67(60)79)53-26-16-24-50(42-53)58-32-18-34-63-65-46-51(39-40-70(65)81-72(58)63)57-31-17-33-62-61-29-10-14-38-69(61)80-71(57)62/h1-46H/i7D,8D,11D,27D,28D,35D,36D. The van der Waals surface area contributed by atoms with Crippen LogP contribution in [0.2, 0.25) is 0 Å². The number of hydrogen-bond acceptors (Lipinski definition) is 5. The maximum absolute atomic E-state index is 9.36. The van der Waals surface area contributed by atoms with Crippen molar-refractivity contribution in [3.8, 4) is 95.5 Å². The van der Waals surface area contributed by atoms with Crippen molar-refractivity contribution in [2.45, 2.75) is 0 Å². The molecule has 5 nitrogen and oxygen atoms in total. The quantitative estimate of drug-likeness (QED) is 0.145. The van der Waals surface area contributed by atoms with Crippen LogP contribution in [0.1, 0.15) is 9.60 Å². The second-order valence-electron chi connectivity index (χ2n) is 20.1. The summed E-state index contributed by atoms with van der Waals surface area (Å²) in [6.45, 7) is 0. The summed E-state index contributed by atoms with van der Waals surface area (Å²) in [5.41, 5.74) is 14.6. The van der Waals surface area contributed by atoms with Gasteiger partial charge < -0.3 is 8.98 Å². The molecule has 0 bridgehead atoms. The Balaban J connectivity index is 0.881. The van der Waals surface area contributed by atoms with E-state index >= 15 is 0 Å². The third-order valence-corrected chi connectivity index (χ3v) is 16.6. The minimum Gasteiger partial charge on any atom is -0.455 e. The Kier molecular flexibility index (Phi) is 9.39. The summed E-state index contributed by atoms with van der Waals surface area (Å²) in [7, 11) is 0. The highest BCUT2D eigenvalue weighted by molar-refractivity contribution is 7.26. The van der Waals surface area contributed by atoms with Gasteiger partial charge in [-0.05, 0) is 123 Å². The number of rotatable bonds is 9. The van der Waals surface area contributed by atoms with E-state index in [1.165, 1.54) is 6.07 Å². The summed E-state index contributed by atoms with van der Waals surface area (Å²) >= 11 is 1.75. The number of furan rings is 1. The van der Waals surface area contributed by atoms with E-state index in [4.69, 9.17) is 26.2 Å². The first kappa shape index (κ1) is 39.8. The fourth-order valence-electron chi connectivity index (χ4n) is 11.5. The van der Waals surface area contributed by atoms with Crippen molar-refractivity contribution < 1.29 is 14.0 Å². The van der Waals surface area contributed by atoms with Crippen molar-refractivity contribution >= 4 is 75.3 Å². The minimum atomic E-state index is -0.476. The molecule has 4 heterocycles. The van der Waals surface area contributed by atoms with Crippen LogP contribution in [-0.4, -0.2) is 19.5 Å². The maximum Gasteiger partial charge on any atom is 0.166 e. The van der Waals surface area contributed by atoms with Crippen LogP contribution < -0.4 is 0 Å². The first-order valence-electron chi connectivity index (χ1n) is 30.2. The fourth-order valence-corrected chi connectivity index (χ4v) is 12.8. The number of thiophene rings is 1. The summed E-state index contributed by atoms with van der Waals surface area (Å²) in [5.74, 6) is 1.02. The van der Waals surface area contributed by atoms with Crippen LogP contribution >= 0.6 is 11.3 Å². The molecule has 378 valence electrons. The zero-order chi connectivity index (χ0) is 59.5. The Labute approximate surface area is 480 Å². The van der Waals surface area contributed by atoms with Gasteiger partial charge >= 0.3 is 0 Å². The molecule has 81 heavy (non-hydrogen) atoms. The lowest BCUT2D eigenvalue weighted by atomic mass is 9.93. The van der Waals surface area contributed by atoms with E-state index in [2.05, 4.69) is 127 Å². The van der Waals surface area contributed by atoms with Crippen molar-refractivity contribution in [2.24, 2.45) is 0 Å². The number of hydrogen-bond donors (Lipinski definition) is 0. The Bertz CT molecular complexity index is 5510. The molecule has 0 unspecified atom stereocenters. The van der Waals surface area contributed by atoms with E-state index in [9.17, 15) is 2.74 Å². The smallest absolute Gasteiger partial charge is 0.166 e. The van der Waals surface area contributed by atoms with Crippen LogP contribution in [0.15, 0.2) is 283 Å². The van der Waals surface area contributed by atoms with Gasteiger partial charge in [-0.1, -0.05) is 206 Å². The minimum absolute atomic E-state index is 0.0511. The van der Waals surface area contributed by atoms with Gasteiger partial charge in [-0.3, -0.25) is 0 Å². The lowest BCUT2D eigenvalue weighted by molar-refractivity contribution is 0.670. The first-order valence-corrected chi connectivity index (χ1v) is 27.5. The highest BCUT2D eigenvalue weighted by Gasteiger charge is 2.21. The van der Waals surface area contributed by atoms with Gasteiger partial charge in [-0.25, -0.2) is 15.0 Å². The molecule has 0 saturated carbocycles. The molecule has 12 aromatic carbocycles. The zero-order valence-electron chi connectivity index (χ0n) is 50.1. The number of aromatic nitrogens is 4.